The van der Waals surface area contributed by atoms with Crippen LogP contribution < -0.4 is 9.47 Å². The SMILES string of the molecule is COC(=O)/C(=C(/O)CSc1ccc2c(c1)OCCO2)c1nc2ccccc2[nH]1. The van der Waals surface area contributed by atoms with Gasteiger partial charge in [0, 0.05) is 4.90 Å². The Bertz CT molecular complexity index is 1030. The Labute approximate surface area is 165 Å². The lowest BCUT2D eigenvalue weighted by Gasteiger charge is -2.18. The van der Waals surface area contributed by atoms with Crippen molar-refractivity contribution in [3.05, 3.63) is 54.0 Å². The number of nitrogens with zero attached hydrogens (tertiary/aromatic N) is 1. The van der Waals surface area contributed by atoms with Crippen LogP contribution in [0.3, 0.4) is 0 Å². The average molecular weight is 398 g/mol. The van der Waals surface area contributed by atoms with Gasteiger partial charge in [0.2, 0.25) is 0 Å². The Morgan fingerprint density at radius 3 is 2.79 bits per heavy atom. The molecule has 1 aliphatic rings. The van der Waals surface area contributed by atoms with Crippen molar-refractivity contribution in [3.63, 3.8) is 0 Å². The lowest BCUT2D eigenvalue weighted by Crippen LogP contribution is -2.15. The van der Waals surface area contributed by atoms with Gasteiger partial charge in [-0.15, -0.1) is 11.8 Å². The summed E-state index contributed by atoms with van der Waals surface area (Å²) in [6, 6.07) is 13.0. The maximum Gasteiger partial charge on any atom is 0.345 e. The Morgan fingerprint density at radius 1 is 1.21 bits per heavy atom. The number of imidazole rings is 1. The van der Waals surface area contributed by atoms with Gasteiger partial charge in [0.05, 0.1) is 23.9 Å². The zero-order valence-electron chi connectivity index (χ0n) is 15.1. The maximum absolute atomic E-state index is 12.3. The number of carbonyl (C=O) groups excluding carboxylic acids is 1. The number of thioether (sulfide) groups is 1. The molecule has 4 rings (SSSR count). The molecule has 0 unspecified atom stereocenters. The fraction of sp³-hybridized carbons (Fsp3) is 0.200. The number of carbonyl (C=O) groups is 1. The van der Waals surface area contributed by atoms with Crippen LogP contribution in [0.2, 0.25) is 0 Å². The number of para-hydroxylation sites is 2. The van der Waals surface area contributed by atoms with Gasteiger partial charge in [0.1, 0.15) is 30.4 Å². The zero-order chi connectivity index (χ0) is 19.5. The van der Waals surface area contributed by atoms with E-state index < -0.39 is 5.97 Å². The molecule has 2 N–H and O–H groups in total. The predicted octanol–water partition coefficient (Wildman–Crippen LogP) is 3.57. The molecule has 0 saturated carbocycles. The number of fused-ring (bicyclic) bond motifs is 2. The van der Waals surface area contributed by atoms with Crippen LogP contribution in [0, 0.1) is 0 Å². The van der Waals surface area contributed by atoms with Crippen molar-refractivity contribution in [3.8, 4) is 11.5 Å². The summed E-state index contributed by atoms with van der Waals surface area (Å²) in [7, 11) is 1.27. The molecule has 0 fully saturated rings. The highest BCUT2D eigenvalue weighted by molar-refractivity contribution is 7.99. The summed E-state index contributed by atoms with van der Waals surface area (Å²) in [5.74, 6) is 1.04. The minimum Gasteiger partial charge on any atom is -0.510 e. The first kappa shape index (κ1) is 18.2. The molecule has 1 aliphatic heterocycles. The zero-order valence-corrected chi connectivity index (χ0v) is 15.9. The van der Waals surface area contributed by atoms with E-state index in [1.807, 2.05) is 42.5 Å². The van der Waals surface area contributed by atoms with E-state index in [0.717, 1.165) is 10.4 Å². The number of rotatable bonds is 5. The van der Waals surface area contributed by atoms with Gasteiger partial charge in [0.25, 0.3) is 0 Å². The van der Waals surface area contributed by atoms with Crippen molar-refractivity contribution in [2.75, 3.05) is 26.1 Å². The van der Waals surface area contributed by atoms with Gasteiger partial charge in [-0.25, -0.2) is 9.78 Å². The topological polar surface area (TPSA) is 93.7 Å². The molecule has 0 bridgehead atoms. The van der Waals surface area contributed by atoms with Crippen molar-refractivity contribution < 1.29 is 24.1 Å². The summed E-state index contributed by atoms with van der Waals surface area (Å²) in [5.41, 5.74) is 1.49. The fourth-order valence-electron chi connectivity index (χ4n) is 2.86. The first-order valence-electron chi connectivity index (χ1n) is 8.63. The van der Waals surface area contributed by atoms with Gasteiger partial charge in [0.15, 0.2) is 11.5 Å². The normalized spacial score (nSPS) is 13.9. The number of benzene rings is 2. The van der Waals surface area contributed by atoms with E-state index in [0.29, 0.717) is 30.2 Å². The number of ether oxygens (including phenoxy) is 3. The summed E-state index contributed by atoms with van der Waals surface area (Å²) >= 11 is 1.37. The molecule has 0 radical (unpaired) electrons. The number of aromatic amines is 1. The highest BCUT2D eigenvalue weighted by Crippen LogP contribution is 2.35. The van der Waals surface area contributed by atoms with Gasteiger partial charge in [-0.1, -0.05) is 12.1 Å². The molecule has 8 heteroatoms. The Kier molecular flexibility index (Phi) is 5.12. The largest absolute Gasteiger partial charge is 0.510 e. The molecular formula is C20H18N2O5S. The Morgan fingerprint density at radius 2 is 2.00 bits per heavy atom. The molecule has 3 aromatic rings. The standard InChI is InChI=1S/C20H18N2O5S/c1-25-20(24)18(19-21-13-4-2-3-5-14(13)22-19)15(23)11-28-12-6-7-16-17(10-12)27-9-8-26-16/h2-7,10,23H,8-9,11H2,1H3,(H,21,22)/b18-15+. The van der Waals surface area contributed by atoms with E-state index in [9.17, 15) is 9.90 Å². The van der Waals surface area contributed by atoms with E-state index in [1.54, 1.807) is 0 Å². The smallest absolute Gasteiger partial charge is 0.345 e. The van der Waals surface area contributed by atoms with Crippen LogP contribution in [0.25, 0.3) is 16.6 Å². The number of nitrogens with one attached hydrogen (secondary N) is 1. The van der Waals surface area contributed by atoms with Crippen molar-refractivity contribution >= 4 is 34.3 Å². The van der Waals surface area contributed by atoms with Crippen molar-refractivity contribution in [1.29, 1.82) is 0 Å². The van der Waals surface area contributed by atoms with Crippen molar-refractivity contribution in [2.45, 2.75) is 4.90 Å². The molecule has 0 aliphatic carbocycles. The lowest BCUT2D eigenvalue weighted by atomic mass is 10.2. The number of aromatic nitrogens is 2. The van der Waals surface area contributed by atoms with E-state index >= 15 is 0 Å². The number of esters is 1. The Hall–Kier alpha value is -3.13. The molecule has 2 heterocycles. The molecule has 2 aromatic carbocycles. The third-order valence-electron chi connectivity index (χ3n) is 4.19. The minimum atomic E-state index is -0.653. The average Bonchev–Trinajstić information content (AvgIpc) is 3.15. The van der Waals surface area contributed by atoms with Gasteiger partial charge < -0.3 is 24.3 Å². The number of H-pyrrole nitrogens is 1. The van der Waals surface area contributed by atoms with Crippen LogP contribution in [-0.4, -0.2) is 47.1 Å². The van der Waals surface area contributed by atoms with E-state index in [-0.39, 0.29) is 22.9 Å². The summed E-state index contributed by atoms with van der Waals surface area (Å²) in [4.78, 5) is 20.6. The van der Waals surface area contributed by atoms with Crippen LogP contribution in [0.5, 0.6) is 11.5 Å². The lowest BCUT2D eigenvalue weighted by molar-refractivity contribution is -0.133. The third kappa shape index (κ3) is 3.63. The van der Waals surface area contributed by atoms with Crippen LogP contribution in [0.1, 0.15) is 5.82 Å². The van der Waals surface area contributed by atoms with E-state index in [2.05, 4.69) is 9.97 Å². The highest BCUT2D eigenvalue weighted by Gasteiger charge is 2.22. The van der Waals surface area contributed by atoms with Gasteiger partial charge in [-0.3, -0.25) is 0 Å². The summed E-state index contributed by atoms with van der Waals surface area (Å²) in [6.07, 6.45) is 0. The number of aliphatic hydroxyl groups excluding tert-OH is 1. The molecule has 0 atom stereocenters. The highest BCUT2D eigenvalue weighted by atomic mass is 32.2. The molecule has 144 valence electrons. The second-order valence-corrected chi connectivity index (χ2v) is 7.06. The molecule has 0 saturated heterocycles. The molecule has 1 aromatic heterocycles. The summed E-state index contributed by atoms with van der Waals surface area (Å²) in [5, 5.41) is 10.6. The first-order valence-corrected chi connectivity index (χ1v) is 9.62. The van der Waals surface area contributed by atoms with Crippen LogP contribution in [-0.2, 0) is 9.53 Å². The molecule has 28 heavy (non-hydrogen) atoms. The van der Waals surface area contributed by atoms with E-state index in [1.165, 1.54) is 18.9 Å². The second kappa shape index (κ2) is 7.85. The van der Waals surface area contributed by atoms with Crippen LogP contribution >= 0.6 is 11.8 Å². The van der Waals surface area contributed by atoms with Crippen molar-refractivity contribution in [1.82, 2.24) is 9.97 Å². The molecule has 7 nitrogen and oxygen atoms in total. The number of hydrogen-bond donors (Lipinski definition) is 2. The second-order valence-electron chi connectivity index (χ2n) is 6.01. The number of methoxy groups -OCH3 is 1. The van der Waals surface area contributed by atoms with Crippen molar-refractivity contribution in [2.24, 2.45) is 0 Å². The molecule has 0 amide bonds. The monoisotopic (exact) mass is 398 g/mol. The quantitative estimate of drug-likeness (QED) is 0.294. The first-order chi connectivity index (χ1) is 13.7. The van der Waals surface area contributed by atoms with Crippen LogP contribution in [0.4, 0.5) is 0 Å². The van der Waals surface area contributed by atoms with Gasteiger partial charge >= 0.3 is 5.97 Å². The predicted molar refractivity (Wildman–Crippen MR) is 106 cm³/mol. The van der Waals surface area contributed by atoms with Gasteiger partial charge in [-0.2, -0.15) is 0 Å². The number of aliphatic hydroxyl groups is 1. The summed E-state index contributed by atoms with van der Waals surface area (Å²) in [6.45, 7) is 1.04. The minimum absolute atomic E-state index is 0.0174. The Balaban J connectivity index is 1.60. The fourth-order valence-corrected chi connectivity index (χ4v) is 3.66. The van der Waals surface area contributed by atoms with Crippen LogP contribution in [0.15, 0.2) is 53.1 Å². The number of hydrogen-bond acceptors (Lipinski definition) is 7. The molecule has 0 spiro atoms. The van der Waals surface area contributed by atoms with E-state index in [4.69, 9.17) is 14.2 Å². The summed E-state index contributed by atoms with van der Waals surface area (Å²) < 4.78 is 15.9. The van der Waals surface area contributed by atoms with Gasteiger partial charge in [-0.05, 0) is 30.3 Å². The molecular weight excluding hydrogens is 380 g/mol. The maximum atomic E-state index is 12.3. The third-order valence-corrected chi connectivity index (χ3v) is 5.20.